The van der Waals surface area contributed by atoms with Gasteiger partial charge in [0, 0.05) is 6.54 Å². The number of aliphatic carboxylic acids is 1. The molecule has 0 saturated heterocycles. The summed E-state index contributed by atoms with van der Waals surface area (Å²) in [7, 11) is 0. The minimum Gasteiger partial charge on any atom is -0.479 e. The fraction of sp³-hybridized carbons (Fsp3) is 0.500. The van der Waals surface area contributed by atoms with E-state index in [0.29, 0.717) is 31.4 Å². The number of fused-ring (bicyclic) bond motifs is 1. The van der Waals surface area contributed by atoms with E-state index >= 15 is 0 Å². The van der Waals surface area contributed by atoms with Crippen molar-refractivity contribution in [2.24, 2.45) is 5.73 Å². The molecule has 1 atom stereocenters. The third-order valence-electron chi connectivity index (χ3n) is 4.70. The molecule has 1 amide bonds. The first kappa shape index (κ1) is 14.1. The summed E-state index contributed by atoms with van der Waals surface area (Å²) in [6.07, 6.45) is 3.85. The molecule has 0 radical (unpaired) electrons. The highest BCUT2D eigenvalue weighted by Gasteiger charge is 2.45. The van der Waals surface area contributed by atoms with Crippen LogP contribution in [0.1, 0.15) is 42.9 Å². The Morgan fingerprint density at radius 2 is 1.90 bits per heavy atom. The maximum absolute atomic E-state index is 12.8. The fourth-order valence-electron chi connectivity index (χ4n) is 3.56. The summed E-state index contributed by atoms with van der Waals surface area (Å²) in [6.45, 7) is 0.422. The maximum atomic E-state index is 12.8. The number of nitrogens with two attached hydrogens (primary N) is 1. The van der Waals surface area contributed by atoms with Gasteiger partial charge in [-0.15, -0.1) is 0 Å². The minimum absolute atomic E-state index is 0.207. The molecule has 1 fully saturated rings. The van der Waals surface area contributed by atoms with Gasteiger partial charge in [0.15, 0.2) is 6.04 Å². The van der Waals surface area contributed by atoms with E-state index in [9.17, 15) is 14.7 Å². The van der Waals surface area contributed by atoms with Crippen LogP contribution < -0.4 is 5.73 Å². The Labute approximate surface area is 123 Å². The number of hydrogen-bond acceptors (Lipinski definition) is 3. The number of nitrogens with zero attached hydrogens (tertiary/aromatic N) is 1. The topological polar surface area (TPSA) is 83.6 Å². The zero-order chi connectivity index (χ0) is 15.0. The third-order valence-corrected chi connectivity index (χ3v) is 4.70. The van der Waals surface area contributed by atoms with Crippen LogP contribution in [0.4, 0.5) is 0 Å². The average molecular weight is 288 g/mol. The van der Waals surface area contributed by atoms with Gasteiger partial charge >= 0.3 is 5.97 Å². The van der Waals surface area contributed by atoms with Crippen LogP contribution in [-0.4, -0.2) is 34.0 Å². The van der Waals surface area contributed by atoms with Crippen molar-refractivity contribution in [3.8, 4) is 0 Å². The summed E-state index contributed by atoms with van der Waals surface area (Å²) in [5.41, 5.74) is 7.08. The van der Waals surface area contributed by atoms with Crippen LogP contribution >= 0.6 is 0 Å². The van der Waals surface area contributed by atoms with Gasteiger partial charge in [-0.05, 0) is 30.4 Å². The summed E-state index contributed by atoms with van der Waals surface area (Å²) in [5, 5.41) is 9.60. The number of carbonyl (C=O) groups is 2. The molecular formula is C16H20N2O3. The van der Waals surface area contributed by atoms with E-state index in [4.69, 9.17) is 5.73 Å². The molecule has 1 aliphatic heterocycles. The van der Waals surface area contributed by atoms with Crippen LogP contribution in [0.5, 0.6) is 0 Å². The second kappa shape index (κ2) is 5.15. The predicted octanol–water partition coefficient (Wildman–Crippen LogP) is 1.47. The number of carboxylic acids is 1. The Morgan fingerprint density at radius 3 is 2.57 bits per heavy atom. The SMILES string of the molecule is NC1(C(=O)N2CCc3ccccc3C2C(=O)O)CCCC1. The number of carboxylic acid groups (broad SMARTS) is 1. The Morgan fingerprint density at radius 1 is 1.24 bits per heavy atom. The molecule has 5 nitrogen and oxygen atoms in total. The molecule has 3 rings (SSSR count). The quantitative estimate of drug-likeness (QED) is 0.863. The van der Waals surface area contributed by atoms with Crippen molar-refractivity contribution in [3.05, 3.63) is 35.4 Å². The summed E-state index contributed by atoms with van der Waals surface area (Å²) < 4.78 is 0. The lowest BCUT2D eigenvalue weighted by Crippen LogP contribution is -2.57. The first-order valence-corrected chi connectivity index (χ1v) is 7.43. The Kier molecular flexibility index (Phi) is 3.45. The molecule has 1 saturated carbocycles. The number of carbonyl (C=O) groups excluding carboxylic acids is 1. The monoisotopic (exact) mass is 288 g/mol. The average Bonchev–Trinajstić information content (AvgIpc) is 2.93. The largest absolute Gasteiger partial charge is 0.479 e. The summed E-state index contributed by atoms with van der Waals surface area (Å²) in [4.78, 5) is 26.0. The number of benzene rings is 1. The smallest absolute Gasteiger partial charge is 0.331 e. The van der Waals surface area contributed by atoms with E-state index in [0.717, 1.165) is 18.4 Å². The van der Waals surface area contributed by atoms with Gasteiger partial charge in [-0.2, -0.15) is 0 Å². The van der Waals surface area contributed by atoms with E-state index in [1.54, 1.807) is 6.07 Å². The van der Waals surface area contributed by atoms with Crippen molar-refractivity contribution in [1.29, 1.82) is 0 Å². The minimum atomic E-state index is -0.989. The van der Waals surface area contributed by atoms with E-state index in [1.807, 2.05) is 18.2 Å². The first-order valence-electron chi connectivity index (χ1n) is 7.43. The van der Waals surface area contributed by atoms with Crippen molar-refractivity contribution in [2.45, 2.75) is 43.7 Å². The van der Waals surface area contributed by atoms with Gasteiger partial charge in [-0.1, -0.05) is 37.1 Å². The molecule has 21 heavy (non-hydrogen) atoms. The molecule has 112 valence electrons. The lowest BCUT2D eigenvalue weighted by Gasteiger charge is -2.39. The highest BCUT2D eigenvalue weighted by atomic mass is 16.4. The maximum Gasteiger partial charge on any atom is 0.331 e. The summed E-state index contributed by atoms with van der Waals surface area (Å²) in [6, 6.07) is 6.53. The van der Waals surface area contributed by atoms with Gasteiger partial charge in [0.25, 0.3) is 0 Å². The lowest BCUT2D eigenvalue weighted by atomic mass is 9.89. The molecule has 1 aliphatic carbocycles. The normalized spacial score (nSPS) is 23.7. The van der Waals surface area contributed by atoms with Gasteiger partial charge in [-0.3, -0.25) is 4.79 Å². The van der Waals surface area contributed by atoms with Gasteiger partial charge in [0.1, 0.15) is 0 Å². The summed E-state index contributed by atoms with van der Waals surface area (Å²) >= 11 is 0. The van der Waals surface area contributed by atoms with E-state index in [-0.39, 0.29) is 5.91 Å². The summed E-state index contributed by atoms with van der Waals surface area (Å²) in [5.74, 6) is -1.20. The van der Waals surface area contributed by atoms with Gasteiger partial charge in [0.05, 0.1) is 5.54 Å². The lowest BCUT2D eigenvalue weighted by molar-refractivity contribution is -0.153. The molecule has 1 unspecified atom stereocenters. The molecule has 3 N–H and O–H groups in total. The van der Waals surface area contributed by atoms with Gasteiger partial charge in [0.2, 0.25) is 5.91 Å². The molecule has 1 heterocycles. The van der Waals surface area contributed by atoms with Crippen LogP contribution in [0.25, 0.3) is 0 Å². The van der Waals surface area contributed by atoms with E-state index in [1.165, 1.54) is 4.90 Å². The molecule has 0 spiro atoms. The van der Waals surface area contributed by atoms with Crippen molar-refractivity contribution >= 4 is 11.9 Å². The van der Waals surface area contributed by atoms with Crippen molar-refractivity contribution < 1.29 is 14.7 Å². The van der Waals surface area contributed by atoms with E-state index < -0.39 is 17.6 Å². The second-order valence-electron chi connectivity index (χ2n) is 6.05. The Hall–Kier alpha value is -1.88. The highest BCUT2D eigenvalue weighted by molar-refractivity contribution is 5.91. The van der Waals surface area contributed by atoms with Crippen molar-refractivity contribution in [3.63, 3.8) is 0 Å². The van der Waals surface area contributed by atoms with Crippen LogP contribution in [0.2, 0.25) is 0 Å². The first-order chi connectivity index (χ1) is 10.0. The molecule has 0 aromatic heterocycles. The molecule has 5 heteroatoms. The number of rotatable bonds is 2. The van der Waals surface area contributed by atoms with E-state index in [2.05, 4.69) is 0 Å². The highest BCUT2D eigenvalue weighted by Crippen LogP contribution is 2.35. The van der Waals surface area contributed by atoms with Crippen molar-refractivity contribution in [1.82, 2.24) is 4.90 Å². The Balaban J connectivity index is 1.96. The zero-order valence-corrected chi connectivity index (χ0v) is 11.9. The second-order valence-corrected chi connectivity index (χ2v) is 6.05. The molecule has 0 bridgehead atoms. The standard InChI is InChI=1S/C16H20N2O3/c17-16(8-3-4-9-16)15(21)18-10-7-11-5-1-2-6-12(11)13(18)14(19)20/h1-2,5-6,13H,3-4,7-10,17H2,(H,19,20). The van der Waals surface area contributed by atoms with Gasteiger partial charge in [-0.25, -0.2) is 4.79 Å². The Bertz CT molecular complexity index is 579. The van der Waals surface area contributed by atoms with Crippen LogP contribution in [0, 0.1) is 0 Å². The van der Waals surface area contributed by atoms with Crippen molar-refractivity contribution in [2.75, 3.05) is 6.54 Å². The number of hydrogen-bond donors (Lipinski definition) is 2. The van der Waals surface area contributed by atoms with Gasteiger partial charge < -0.3 is 15.7 Å². The van der Waals surface area contributed by atoms with Crippen LogP contribution in [-0.2, 0) is 16.0 Å². The van der Waals surface area contributed by atoms with Crippen LogP contribution in [0.3, 0.4) is 0 Å². The molecule has 1 aromatic rings. The fourth-order valence-corrected chi connectivity index (χ4v) is 3.56. The molecular weight excluding hydrogens is 268 g/mol. The third kappa shape index (κ3) is 2.31. The van der Waals surface area contributed by atoms with Crippen LogP contribution in [0.15, 0.2) is 24.3 Å². The predicted molar refractivity (Wildman–Crippen MR) is 77.6 cm³/mol. The molecule has 1 aromatic carbocycles. The molecule has 2 aliphatic rings. The number of amides is 1. The zero-order valence-electron chi connectivity index (χ0n) is 11.9.